The first-order valence-corrected chi connectivity index (χ1v) is 11.2. The monoisotopic (exact) mass is 416 g/mol. The van der Waals surface area contributed by atoms with E-state index in [1.54, 1.807) is 7.11 Å². The largest absolute Gasteiger partial charge is 0.461 e. The molecule has 7 heteroatoms. The van der Waals surface area contributed by atoms with Gasteiger partial charge in [0.1, 0.15) is 0 Å². The molecule has 0 unspecified atom stereocenters. The van der Waals surface area contributed by atoms with Gasteiger partial charge in [0.15, 0.2) is 11.3 Å². The van der Waals surface area contributed by atoms with Crippen molar-refractivity contribution in [3.05, 3.63) is 17.5 Å². The molecule has 0 saturated carbocycles. The van der Waals surface area contributed by atoms with E-state index in [1.165, 1.54) is 0 Å². The number of piperidine rings is 1. The number of fused-ring (bicyclic) bond motifs is 1. The van der Waals surface area contributed by atoms with Crippen LogP contribution in [0.5, 0.6) is 0 Å². The van der Waals surface area contributed by atoms with Crippen molar-refractivity contribution in [2.75, 3.05) is 38.3 Å². The molecule has 2 aromatic rings. The van der Waals surface area contributed by atoms with Crippen molar-refractivity contribution in [2.24, 2.45) is 11.8 Å². The highest BCUT2D eigenvalue weighted by Crippen LogP contribution is 2.36. The van der Waals surface area contributed by atoms with Crippen LogP contribution in [-0.4, -0.2) is 54.1 Å². The van der Waals surface area contributed by atoms with Crippen LogP contribution in [0, 0.1) is 11.8 Å². The lowest BCUT2D eigenvalue weighted by Gasteiger charge is -2.34. The number of anilines is 1. The average molecular weight is 417 g/mol. The molecular weight excluding hydrogens is 380 g/mol. The van der Waals surface area contributed by atoms with E-state index in [2.05, 4.69) is 32.6 Å². The molecule has 1 aliphatic rings. The summed E-state index contributed by atoms with van der Waals surface area (Å²) >= 11 is 0. The number of hydrogen-bond acceptors (Lipinski definition) is 6. The summed E-state index contributed by atoms with van der Waals surface area (Å²) in [5.74, 6) is 0.898. The van der Waals surface area contributed by atoms with Crippen molar-refractivity contribution in [1.82, 2.24) is 14.8 Å². The molecule has 0 aliphatic carbocycles. The second kappa shape index (κ2) is 9.77. The molecule has 7 nitrogen and oxygen atoms in total. The predicted octanol–water partition coefficient (Wildman–Crippen LogP) is 4.25. The molecule has 0 bridgehead atoms. The fourth-order valence-electron chi connectivity index (χ4n) is 4.19. The molecule has 0 spiro atoms. The van der Waals surface area contributed by atoms with Gasteiger partial charge in [-0.2, -0.15) is 5.10 Å². The Bertz CT molecular complexity index is 867. The lowest BCUT2D eigenvalue weighted by Crippen LogP contribution is -2.35. The van der Waals surface area contributed by atoms with E-state index < -0.39 is 0 Å². The van der Waals surface area contributed by atoms with Gasteiger partial charge < -0.3 is 14.4 Å². The molecule has 30 heavy (non-hydrogen) atoms. The van der Waals surface area contributed by atoms with Crippen LogP contribution < -0.4 is 4.90 Å². The van der Waals surface area contributed by atoms with Crippen molar-refractivity contribution < 1.29 is 14.3 Å². The Morgan fingerprint density at radius 1 is 1.23 bits per heavy atom. The Morgan fingerprint density at radius 3 is 2.50 bits per heavy atom. The van der Waals surface area contributed by atoms with Crippen LogP contribution in [0.4, 0.5) is 5.69 Å². The number of esters is 1. The third-order valence-corrected chi connectivity index (χ3v) is 5.64. The fraction of sp³-hybridized carbons (Fsp3) is 0.696. The highest BCUT2D eigenvalue weighted by atomic mass is 16.5. The van der Waals surface area contributed by atoms with Crippen molar-refractivity contribution in [1.29, 1.82) is 0 Å². The summed E-state index contributed by atoms with van der Waals surface area (Å²) in [5, 5.41) is 6.00. The molecular formula is C23H36N4O3. The fourth-order valence-corrected chi connectivity index (χ4v) is 4.19. The zero-order valence-corrected chi connectivity index (χ0v) is 19.3. The lowest BCUT2D eigenvalue weighted by atomic mass is 9.96. The van der Waals surface area contributed by atoms with Gasteiger partial charge in [0, 0.05) is 33.4 Å². The van der Waals surface area contributed by atoms with E-state index in [9.17, 15) is 4.79 Å². The summed E-state index contributed by atoms with van der Waals surface area (Å²) in [4.78, 5) is 19.7. The molecule has 1 fully saturated rings. The number of nitrogens with zero attached hydrogens (tertiary/aromatic N) is 4. The van der Waals surface area contributed by atoms with Gasteiger partial charge in [-0.05, 0) is 43.6 Å². The van der Waals surface area contributed by atoms with Gasteiger partial charge in [-0.15, -0.1) is 0 Å². The highest BCUT2D eigenvalue weighted by Gasteiger charge is 2.27. The zero-order valence-electron chi connectivity index (χ0n) is 19.3. The van der Waals surface area contributed by atoms with Gasteiger partial charge in [0.2, 0.25) is 0 Å². The van der Waals surface area contributed by atoms with E-state index in [4.69, 9.17) is 19.6 Å². The molecule has 3 rings (SSSR count). The van der Waals surface area contributed by atoms with Crippen LogP contribution in [0.1, 0.15) is 69.6 Å². The number of carbonyl (C=O) groups is 1. The Labute approximate surface area is 179 Å². The molecule has 0 radical (unpaired) electrons. The minimum Gasteiger partial charge on any atom is -0.461 e. The van der Waals surface area contributed by atoms with Crippen LogP contribution in [0.3, 0.4) is 0 Å². The van der Waals surface area contributed by atoms with Gasteiger partial charge in [-0.1, -0.05) is 27.7 Å². The lowest BCUT2D eigenvalue weighted by molar-refractivity contribution is 0.0520. The number of aromatic nitrogens is 3. The van der Waals surface area contributed by atoms with Crippen molar-refractivity contribution >= 4 is 22.7 Å². The molecule has 0 atom stereocenters. The molecule has 0 N–H and O–H groups in total. The minimum absolute atomic E-state index is 0.265. The molecule has 3 heterocycles. The van der Waals surface area contributed by atoms with Gasteiger partial charge in [0.05, 0.1) is 23.4 Å². The SMILES string of the molecule is CCOC(=O)c1cc(N2CCC(COC)CC2)c2c(C(C)C)nn(CC(C)C)c2n1. The van der Waals surface area contributed by atoms with Gasteiger partial charge in [0.25, 0.3) is 0 Å². The summed E-state index contributed by atoms with van der Waals surface area (Å²) < 4.78 is 12.6. The van der Waals surface area contributed by atoms with E-state index >= 15 is 0 Å². The number of hydrogen-bond donors (Lipinski definition) is 0. The molecule has 1 saturated heterocycles. The second-order valence-electron chi connectivity index (χ2n) is 8.95. The number of rotatable bonds is 8. The number of methoxy groups -OCH3 is 1. The maximum absolute atomic E-state index is 12.6. The van der Waals surface area contributed by atoms with Crippen LogP contribution in [0.25, 0.3) is 11.0 Å². The maximum Gasteiger partial charge on any atom is 0.357 e. The molecule has 0 aromatic carbocycles. The highest BCUT2D eigenvalue weighted by molar-refractivity contribution is 5.98. The molecule has 2 aromatic heterocycles. The van der Waals surface area contributed by atoms with Crippen molar-refractivity contribution in [3.8, 4) is 0 Å². The quantitative estimate of drug-likeness (QED) is 0.599. The first kappa shape index (κ1) is 22.5. The third kappa shape index (κ3) is 4.77. The Balaban J connectivity index is 2.12. The first-order chi connectivity index (χ1) is 14.3. The molecule has 166 valence electrons. The van der Waals surface area contributed by atoms with Crippen LogP contribution >= 0.6 is 0 Å². The van der Waals surface area contributed by atoms with Crippen molar-refractivity contribution in [3.63, 3.8) is 0 Å². The van der Waals surface area contributed by atoms with Crippen molar-refractivity contribution in [2.45, 2.75) is 59.9 Å². The van der Waals surface area contributed by atoms with E-state index in [1.807, 2.05) is 17.7 Å². The summed E-state index contributed by atoms with van der Waals surface area (Å²) in [7, 11) is 1.77. The van der Waals surface area contributed by atoms with E-state index in [0.29, 0.717) is 24.1 Å². The van der Waals surface area contributed by atoms with Gasteiger partial charge in [-0.3, -0.25) is 0 Å². The topological polar surface area (TPSA) is 69.5 Å². The second-order valence-corrected chi connectivity index (χ2v) is 8.95. The minimum atomic E-state index is -0.377. The van der Waals surface area contributed by atoms with Gasteiger partial charge in [-0.25, -0.2) is 14.5 Å². The van der Waals surface area contributed by atoms with Crippen LogP contribution in [-0.2, 0) is 16.0 Å². The Kier molecular flexibility index (Phi) is 7.34. The third-order valence-electron chi connectivity index (χ3n) is 5.64. The van der Waals surface area contributed by atoms with Gasteiger partial charge >= 0.3 is 5.97 Å². The smallest absolute Gasteiger partial charge is 0.357 e. The summed E-state index contributed by atoms with van der Waals surface area (Å²) in [6.07, 6.45) is 2.15. The normalized spacial score (nSPS) is 15.5. The average Bonchev–Trinajstić information content (AvgIpc) is 3.06. The number of ether oxygens (including phenoxy) is 2. The van der Waals surface area contributed by atoms with Crippen LogP contribution in [0.15, 0.2) is 6.07 Å². The first-order valence-electron chi connectivity index (χ1n) is 11.2. The Hall–Kier alpha value is -2.15. The van der Waals surface area contributed by atoms with E-state index in [-0.39, 0.29) is 11.9 Å². The number of carbonyl (C=O) groups excluding carboxylic acids is 1. The maximum atomic E-state index is 12.6. The Morgan fingerprint density at radius 2 is 1.93 bits per heavy atom. The predicted molar refractivity (Wildman–Crippen MR) is 119 cm³/mol. The number of pyridine rings is 1. The standard InChI is InChI=1S/C23H36N4O3/c1-7-30-23(28)18-12-19(26-10-8-17(9-11-26)14-29-6)20-21(16(4)5)25-27(13-15(2)3)22(20)24-18/h12,15-17H,7-11,13-14H2,1-6H3. The zero-order chi connectivity index (χ0) is 21.8. The summed E-state index contributed by atoms with van der Waals surface area (Å²) in [6.45, 7) is 14.2. The van der Waals surface area contributed by atoms with E-state index in [0.717, 1.165) is 61.5 Å². The van der Waals surface area contributed by atoms with Crippen LogP contribution in [0.2, 0.25) is 0 Å². The summed E-state index contributed by atoms with van der Waals surface area (Å²) in [6, 6.07) is 1.91. The molecule has 0 amide bonds. The molecule has 1 aliphatic heterocycles. The summed E-state index contributed by atoms with van der Waals surface area (Å²) in [5.41, 5.74) is 3.24.